The van der Waals surface area contributed by atoms with E-state index in [0.29, 0.717) is 11.3 Å². The van der Waals surface area contributed by atoms with Crippen LogP contribution < -0.4 is 10.9 Å². The molecule has 29 heavy (non-hydrogen) atoms. The van der Waals surface area contributed by atoms with Gasteiger partial charge in [0.1, 0.15) is 24.1 Å². The topological polar surface area (TPSA) is 81.8 Å². The average Bonchev–Trinajstić information content (AvgIpc) is 3.16. The summed E-state index contributed by atoms with van der Waals surface area (Å²) in [7, 11) is 0. The number of carbonyl (C=O) groups is 1. The van der Waals surface area contributed by atoms with Crippen molar-refractivity contribution in [1.82, 2.24) is 24.6 Å². The zero-order valence-corrected chi connectivity index (χ0v) is 15.6. The van der Waals surface area contributed by atoms with Gasteiger partial charge in [-0.2, -0.15) is 5.10 Å². The lowest BCUT2D eigenvalue weighted by atomic mass is 10.1. The second-order valence-corrected chi connectivity index (χ2v) is 6.65. The van der Waals surface area contributed by atoms with E-state index in [1.54, 1.807) is 12.1 Å². The number of hydrogen-bond acceptors (Lipinski definition) is 4. The lowest BCUT2D eigenvalue weighted by Crippen LogP contribution is -2.33. The summed E-state index contributed by atoms with van der Waals surface area (Å²) in [5.74, 6) is -0.660. The van der Waals surface area contributed by atoms with E-state index in [1.165, 1.54) is 33.9 Å². The Morgan fingerprint density at radius 3 is 2.59 bits per heavy atom. The largest absolute Gasteiger partial charge is 0.348 e. The van der Waals surface area contributed by atoms with Gasteiger partial charge in [-0.25, -0.2) is 14.1 Å². The maximum absolute atomic E-state index is 13.1. The Kier molecular flexibility index (Phi) is 4.90. The second-order valence-electron chi connectivity index (χ2n) is 6.65. The molecule has 0 aliphatic heterocycles. The molecule has 146 valence electrons. The Morgan fingerprint density at radius 2 is 1.86 bits per heavy atom. The lowest BCUT2D eigenvalue weighted by molar-refractivity contribution is -0.122. The van der Waals surface area contributed by atoms with Crippen molar-refractivity contribution in [2.24, 2.45) is 0 Å². The van der Waals surface area contributed by atoms with Gasteiger partial charge in [0.2, 0.25) is 5.91 Å². The molecule has 0 unspecified atom stereocenters. The fourth-order valence-electron chi connectivity index (χ4n) is 3.10. The molecule has 0 saturated heterocycles. The van der Waals surface area contributed by atoms with Gasteiger partial charge in [-0.05, 0) is 36.8 Å². The number of nitrogens with zero attached hydrogens (tertiary/aromatic N) is 4. The van der Waals surface area contributed by atoms with Crippen molar-refractivity contribution in [3.8, 4) is 5.69 Å². The molecule has 0 radical (unpaired) electrons. The van der Waals surface area contributed by atoms with Crippen molar-refractivity contribution < 1.29 is 9.18 Å². The summed E-state index contributed by atoms with van der Waals surface area (Å²) in [6.07, 6.45) is 2.72. The predicted molar refractivity (Wildman–Crippen MR) is 106 cm³/mol. The number of benzene rings is 2. The highest BCUT2D eigenvalue weighted by Gasteiger charge is 2.15. The van der Waals surface area contributed by atoms with Crippen molar-refractivity contribution >= 4 is 16.9 Å². The van der Waals surface area contributed by atoms with E-state index in [4.69, 9.17) is 0 Å². The zero-order chi connectivity index (χ0) is 20.4. The number of nitrogens with one attached hydrogen (secondary N) is 1. The molecular weight excluding hydrogens is 373 g/mol. The van der Waals surface area contributed by atoms with E-state index in [-0.39, 0.29) is 35.3 Å². The first-order chi connectivity index (χ1) is 14.0. The Labute approximate surface area is 165 Å². The number of aromatic nitrogens is 4. The zero-order valence-electron chi connectivity index (χ0n) is 15.6. The summed E-state index contributed by atoms with van der Waals surface area (Å²) < 4.78 is 15.8. The highest BCUT2D eigenvalue weighted by atomic mass is 19.1. The minimum absolute atomic E-state index is 0.152. The number of carbonyl (C=O) groups excluding carboxylic acids is 1. The van der Waals surface area contributed by atoms with Crippen LogP contribution in [0.3, 0.4) is 0 Å². The van der Waals surface area contributed by atoms with Gasteiger partial charge in [0.05, 0.1) is 17.9 Å². The molecule has 0 spiro atoms. The van der Waals surface area contributed by atoms with E-state index < -0.39 is 0 Å². The Bertz CT molecular complexity index is 1220. The van der Waals surface area contributed by atoms with Crippen LogP contribution in [0.25, 0.3) is 16.7 Å². The van der Waals surface area contributed by atoms with Crippen LogP contribution in [0.5, 0.6) is 0 Å². The molecule has 2 aromatic carbocycles. The molecule has 7 nitrogen and oxygen atoms in total. The third-order valence-electron chi connectivity index (χ3n) is 4.62. The third-order valence-corrected chi connectivity index (χ3v) is 4.62. The van der Waals surface area contributed by atoms with Crippen molar-refractivity contribution in [3.63, 3.8) is 0 Å². The number of amides is 1. The summed E-state index contributed by atoms with van der Waals surface area (Å²) in [6, 6.07) is 15.1. The van der Waals surface area contributed by atoms with Gasteiger partial charge < -0.3 is 5.32 Å². The highest BCUT2D eigenvalue weighted by Crippen LogP contribution is 2.14. The predicted octanol–water partition coefficient (Wildman–Crippen LogP) is 2.60. The van der Waals surface area contributed by atoms with Gasteiger partial charge in [-0.1, -0.05) is 30.3 Å². The summed E-state index contributed by atoms with van der Waals surface area (Å²) in [4.78, 5) is 29.4. The molecule has 4 aromatic rings. The standard InChI is InChI=1S/C21H18FN5O2/c1-14(15-5-3-2-4-6-15)25-19(28)12-26-13-23-20-18(21(26)29)11-24-27(20)17-9-7-16(22)8-10-17/h2-11,13-14H,12H2,1H3,(H,25,28)/t14-/m1/s1. The van der Waals surface area contributed by atoms with Crippen LogP contribution in [0, 0.1) is 5.82 Å². The molecule has 0 saturated carbocycles. The van der Waals surface area contributed by atoms with E-state index in [2.05, 4.69) is 15.4 Å². The molecule has 0 aliphatic rings. The average molecular weight is 391 g/mol. The van der Waals surface area contributed by atoms with Gasteiger partial charge in [0, 0.05) is 0 Å². The molecule has 0 bridgehead atoms. The second kappa shape index (κ2) is 7.67. The Hall–Kier alpha value is -3.81. The first-order valence-corrected chi connectivity index (χ1v) is 9.06. The quantitative estimate of drug-likeness (QED) is 0.567. The van der Waals surface area contributed by atoms with E-state index >= 15 is 0 Å². The normalized spacial score (nSPS) is 12.1. The van der Waals surface area contributed by atoms with Crippen LogP contribution in [0.2, 0.25) is 0 Å². The first-order valence-electron chi connectivity index (χ1n) is 9.06. The first kappa shape index (κ1) is 18.5. The Balaban J connectivity index is 1.56. The van der Waals surface area contributed by atoms with Crippen LogP contribution in [-0.4, -0.2) is 25.2 Å². The van der Waals surface area contributed by atoms with Crippen LogP contribution in [0.4, 0.5) is 4.39 Å². The minimum Gasteiger partial charge on any atom is -0.348 e. The fourth-order valence-corrected chi connectivity index (χ4v) is 3.10. The van der Waals surface area contributed by atoms with E-state index in [1.807, 2.05) is 37.3 Å². The molecule has 2 heterocycles. The number of fused-ring (bicyclic) bond motifs is 1. The molecule has 8 heteroatoms. The molecule has 1 atom stereocenters. The minimum atomic E-state index is -0.370. The summed E-state index contributed by atoms with van der Waals surface area (Å²) >= 11 is 0. The smallest absolute Gasteiger partial charge is 0.264 e. The summed E-state index contributed by atoms with van der Waals surface area (Å²) in [5.41, 5.74) is 1.53. The van der Waals surface area contributed by atoms with Crippen LogP contribution >= 0.6 is 0 Å². The van der Waals surface area contributed by atoms with Crippen LogP contribution in [0.1, 0.15) is 18.5 Å². The fraction of sp³-hybridized carbons (Fsp3) is 0.143. The van der Waals surface area contributed by atoms with Crippen LogP contribution in [-0.2, 0) is 11.3 Å². The van der Waals surface area contributed by atoms with Gasteiger partial charge in [0.15, 0.2) is 5.65 Å². The van der Waals surface area contributed by atoms with Crippen molar-refractivity contribution in [1.29, 1.82) is 0 Å². The summed E-state index contributed by atoms with van der Waals surface area (Å²) in [5, 5.41) is 7.33. The molecule has 4 rings (SSSR count). The number of hydrogen-bond donors (Lipinski definition) is 1. The molecule has 0 aliphatic carbocycles. The van der Waals surface area contributed by atoms with E-state index in [0.717, 1.165) is 5.56 Å². The monoisotopic (exact) mass is 391 g/mol. The maximum Gasteiger partial charge on any atom is 0.264 e. The van der Waals surface area contributed by atoms with Gasteiger partial charge in [0.25, 0.3) is 5.56 Å². The lowest BCUT2D eigenvalue weighted by Gasteiger charge is -2.14. The maximum atomic E-state index is 13.1. The molecule has 2 aromatic heterocycles. The van der Waals surface area contributed by atoms with Gasteiger partial charge >= 0.3 is 0 Å². The molecule has 1 N–H and O–H groups in total. The summed E-state index contributed by atoms with van der Waals surface area (Å²) in [6.45, 7) is 1.73. The molecular formula is C21H18FN5O2. The van der Waals surface area contributed by atoms with Gasteiger partial charge in [-0.3, -0.25) is 14.2 Å². The highest BCUT2D eigenvalue weighted by molar-refractivity contribution is 5.78. The van der Waals surface area contributed by atoms with E-state index in [9.17, 15) is 14.0 Å². The van der Waals surface area contributed by atoms with Crippen molar-refractivity contribution in [2.45, 2.75) is 19.5 Å². The van der Waals surface area contributed by atoms with Crippen molar-refractivity contribution in [3.05, 3.63) is 88.9 Å². The van der Waals surface area contributed by atoms with Crippen molar-refractivity contribution in [2.75, 3.05) is 0 Å². The number of halogens is 1. The Morgan fingerprint density at radius 1 is 1.14 bits per heavy atom. The third kappa shape index (κ3) is 3.77. The number of rotatable bonds is 5. The molecule has 0 fully saturated rings. The van der Waals surface area contributed by atoms with Crippen LogP contribution in [0.15, 0.2) is 71.9 Å². The molecule has 1 amide bonds. The van der Waals surface area contributed by atoms with Gasteiger partial charge in [-0.15, -0.1) is 0 Å². The SMILES string of the molecule is C[C@@H](NC(=O)Cn1cnc2c(cnn2-c2ccc(F)cc2)c1=O)c1ccccc1.